The first-order valence-electron chi connectivity index (χ1n) is 10.9. The summed E-state index contributed by atoms with van der Waals surface area (Å²) in [5.41, 5.74) is 6.14. The topological polar surface area (TPSA) is 54.6 Å². The van der Waals surface area contributed by atoms with E-state index in [1.54, 1.807) is 18.2 Å². The summed E-state index contributed by atoms with van der Waals surface area (Å²) in [6.45, 7) is 0. The van der Waals surface area contributed by atoms with Gasteiger partial charge in [0, 0.05) is 15.6 Å². The van der Waals surface area contributed by atoms with Crippen molar-refractivity contribution in [3.05, 3.63) is 123 Å². The minimum atomic E-state index is -0.203. The number of fused-ring (bicyclic) bond motifs is 3. The Bertz CT molecular complexity index is 1670. The number of allylic oxidation sites excluding steroid dienone is 1. The normalized spacial score (nSPS) is 17.1. The zero-order valence-corrected chi connectivity index (χ0v) is 21.8. The van der Waals surface area contributed by atoms with E-state index in [1.165, 1.54) is 22.5 Å². The molecule has 0 radical (unpaired) electrons. The highest BCUT2D eigenvalue weighted by atomic mass is 79.9. The van der Waals surface area contributed by atoms with Gasteiger partial charge < -0.3 is 5.11 Å². The zero-order chi connectivity index (χ0) is 23.4. The molecule has 1 aromatic heterocycles. The van der Waals surface area contributed by atoms with Crippen molar-refractivity contribution >= 4 is 55.0 Å². The summed E-state index contributed by atoms with van der Waals surface area (Å²) in [5, 5.41) is 10.5. The van der Waals surface area contributed by atoms with E-state index in [2.05, 4.69) is 62.2 Å². The number of nitrogens with zero attached hydrogens (tertiary/aromatic N) is 2. The second-order valence-corrected chi connectivity index (χ2v) is 11.1. The predicted molar refractivity (Wildman–Crippen MR) is 143 cm³/mol. The Morgan fingerprint density at radius 1 is 1.03 bits per heavy atom. The van der Waals surface area contributed by atoms with Crippen LogP contribution < -0.4 is 14.9 Å². The number of phenolic OH excluding ortho intramolecular Hbond substituents is 1. The number of aromatic hydroxyl groups is 1. The maximum absolute atomic E-state index is 13.8. The summed E-state index contributed by atoms with van der Waals surface area (Å²) in [7, 11) is 0. The summed E-state index contributed by atoms with van der Waals surface area (Å²) in [6, 6.07) is 21.9. The van der Waals surface area contributed by atoms with E-state index >= 15 is 0 Å². The summed E-state index contributed by atoms with van der Waals surface area (Å²) in [6.07, 6.45) is 3.53. The van der Waals surface area contributed by atoms with Gasteiger partial charge in [-0.15, -0.1) is 0 Å². The molecule has 0 fully saturated rings. The molecule has 6 rings (SSSR count). The van der Waals surface area contributed by atoms with Crippen molar-refractivity contribution in [1.82, 2.24) is 4.57 Å². The summed E-state index contributed by atoms with van der Waals surface area (Å²) >= 11 is 8.20. The van der Waals surface area contributed by atoms with Crippen molar-refractivity contribution in [3.8, 4) is 5.75 Å². The number of hydrogen-bond donors (Lipinski definition) is 1. The van der Waals surface area contributed by atoms with Crippen molar-refractivity contribution < 1.29 is 5.11 Å². The van der Waals surface area contributed by atoms with E-state index in [4.69, 9.17) is 4.99 Å². The van der Waals surface area contributed by atoms with Crippen LogP contribution in [0.2, 0.25) is 0 Å². The van der Waals surface area contributed by atoms with Gasteiger partial charge in [-0.3, -0.25) is 9.36 Å². The number of thiazole rings is 1. The van der Waals surface area contributed by atoms with Gasteiger partial charge in [0.1, 0.15) is 5.75 Å². The van der Waals surface area contributed by atoms with Crippen molar-refractivity contribution in [2.45, 2.75) is 18.9 Å². The van der Waals surface area contributed by atoms with E-state index < -0.39 is 0 Å². The Kier molecular flexibility index (Phi) is 5.43. The number of hydrogen-bond acceptors (Lipinski definition) is 4. The molecule has 0 amide bonds. The zero-order valence-electron chi connectivity index (χ0n) is 17.8. The van der Waals surface area contributed by atoms with E-state index in [9.17, 15) is 9.90 Å². The molecule has 4 aromatic rings. The first kappa shape index (κ1) is 21.8. The molecular formula is C27H18Br2N2O2S. The molecule has 4 nitrogen and oxygen atoms in total. The van der Waals surface area contributed by atoms with Gasteiger partial charge in [-0.2, -0.15) is 0 Å². The molecule has 1 aliphatic carbocycles. The number of aromatic nitrogens is 1. The molecule has 2 heterocycles. The second-order valence-electron chi connectivity index (χ2n) is 8.35. The van der Waals surface area contributed by atoms with Gasteiger partial charge in [0.05, 0.1) is 20.7 Å². The Labute approximate surface area is 216 Å². The molecule has 3 aromatic carbocycles. The van der Waals surface area contributed by atoms with Crippen molar-refractivity contribution in [3.63, 3.8) is 0 Å². The van der Waals surface area contributed by atoms with Crippen LogP contribution in [-0.4, -0.2) is 9.67 Å². The third-order valence-corrected chi connectivity index (χ3v) is 8.38. The summed E-state index contributed by atoms with van der Waals surface area (Å²) in [5.74, 6) is 0.0990. The number of rotatable bonds is 2. The van der Waals surface area contributed by atoms with Crippen LogP contribution in [0.3, 0.4) is 0 Å². The number of phenols is 1. The largest absolute Gasteiger partial charge is 0.506 e. The highest BCUT2D eigenvalue weighted by Gasteiger charge is 2.32. The molecule has 2 aliphatic rings. The molecule has 0 bridgehead atoms. The first-order chi connectivity index (χ1) is 16.5. The third-order valence-electron chi connectivity index (χ3n) is 6.33. The molecule has 34 heavy (non-hydrogen) atoms. The lowest BCUT2D eigenvalue weighted by molar-refractivity contribution is 0.470. The van der Waals surface area contributed by atoms with Crippen molar-refractivity contribution in [1.29, 1.82) is 0 Å². The Morgan fingerprint density at radius 2 is 1.79 bits per heavy atom. The van der Waals surface area contributed by atoms with Gasteiger partial charge in [-0.25, -0.2) is 4.99 Å². The van der Waals surface area contributed by atoms with E-state index in [1.807, 2.05) is 28.8 Å². The molecule has 1 N–H and O–H groups in total. The second kappa shape index (κ2) is 8.48. The fourth-order valence-electron chi connectivity index (χ4n) is 4.79. The highest BCUT2D eigenvalue weighted by molar-refractivity contribution is 9.11. The van der Waals surface area contributed by atoms with E-state index in [0.717, 1.165) is 34.1 Å². The maximum atomic E-state index is 13.8. The molecule has 1 aliphatic heterocycles. The monoisotopic (exact) mass is 592 g/mol. The SMILES string of the molecule is O=c1/c(=C\c2cc(Br)cc(Br)c2O)sc2n1[C@@H](c1ccccc1)C1=C(N=2)c2ccccc2CC1. The molecule has 0 unspecified atom stereocenters. The number of benzene rings is 3. The summed E-state index contributed by atoms with van der Waals surface area (Å²) < 4.78 is 3.73. The average molecular weight is 594 g/mol. The fourth-order valence-corrected chi connectivity index (χ4v) is 7.04. The lowest BCUT2D eigenvalue weighted by atomic mass is 9.83. The number of halogens is 2. The van der Waals surface area contributed by atoms with Crippen LogP contribution in [0.15, 0.2) is 91.0 Å². The molecule has 0 saturated carbocycles. The van der Waals surface area contributed by atoms with Gasteiger partial charge >= 0.3 is 0 Å². The Hall–Kier alpha value is -2.74. The van der Waals surface area contributed by atoms with Crippen LogP contribution in [0.1, 0.15) is 34.7 Å². The van der Waals surface area contributed by atoms with Crippen LogP contribution in [0, 0.1) is 0 Å². The minimum absolute atomic E-state index is 0.0986. The third kappa shape index (κ3) is 3.54. The Morgan fingerprint density at radius 3 is 2.62 bits per heavy atom. The Balaban J connectivity index is 1.64. The standard InChI is InChI=1S/C27H18Br2N2O2S/c28-18-12-17(25(32)21(29)14-18)13-22-26(33)31-24(16-7-2-1-3-8-16)20-11-10-15-6-4-5-9-19(15)23(20)30-27(31)34-22/h1-9,12-14,24,32H,10-11H2/b22-13+/t24-/m0/s1. The van der Waals surface area contributed by atoms with Gasteiger partial charge in [-0.05, 0) is 63.7 Å². The van der Waals surface area contributed by atoms with Gasteiger partial charge in [0.15, 0.2) is 4.80 Å². The van der Waals surface area contributed by atoms with E-state index in [0.29, 0.717) is 19.4 Å². The first-order valence-corrected chi connectivity index (χ1v) is 13.3. The lowest BCUT2D eigenvalue weighted by Crippen LogP contribution is -2.38. The molecular weight excluding hydrogens is 576 g/mol. The maximum Gasteiger partial charge on any atom is 0.271 e. The smallest absolute Gasteiger partial charge is 0.271 e. The van der Waals surface area contributed by atoms with Gasteiger partial charge in [-0.1, -0.05) is 81.9 Å². The van der Waals surface area contributed by atoms with Crippen molar-refractivity contribution in [2.24, 2.45) is 4.99 Å². The van der Waals surface area contributed by atoms with Crippen LogP contribution in [-0.2, 0) is 6.42 Å². The minimum Gasteiger partial charge on any atom is -0.506 e. The van der Waals surface area contributed by atoms with Gasteiger partial charge in [0.25, 0.3) is 5.56 Å². The van der Waals surface area contributed by atoms with Crippen LogP contribution in [0.4, 0.5) is 0 Å². The van der Waals surface area contributed by atoms with Crippen LogP contribution >= 0.6 is 43.2 Å². The van der Waals surface area contributed by atoms with E-state index in [-0.39, 0.29) is 17.4 Å². The number of aryl methyl sites for hydroxylation is 1. The average Bonchev–Trinajstić information content (AvgIpc) is 3.16. The molecule has 1 atom stereocenters. The van der Waals surface area contributed by atoms with Crippen LogP contribution in [0.5, 0.6) is 5.75 Å². The fraction of sp³-hybridized carbons (Fsp3) is 0.111. The van der Waals surface area contributed by atoms with Crippen LogP contribution in [0.25, 0.3) is 11.8 Å². The molecule has 168 valence electrons. The summed E-state index contributed by atoms with van der Waals surface area (Å²) in [4.78, 5) is 19.5. The lowest BCUT2D eigenvalue weighted by Gasteiger charge is -2.30. The predicted octanol–water partition coefficient (Wildman–Crippen LogP) is 5.55. The van der Waals surface area contributed by atoms with Crippen molar-refractivity contribution in [2.75, 3.05) is 0 Å². The molecule has 0 saturated heterocycles. The quantitative estimate of drug-likeness (QED) is 0.331. The molecule has 0 spiro atoms. The van der Waals surface area contributed by atoms with Gasteiger partial charge in [0.2, 0.25) is 0 Å². The highest BCUT2D eigenvalue weighted by Crippen LogP contribution is 2.41. The molecule has 7 heteroatoms.